The molecule has 0 bridgehead atoms. The number of nitrogens with one attached hydrogen (secondary N) is 1. The highest BCUT2D eigenvalue weighted by Crippen LogP contribution is 2.24. The van der Waals surface area contributed by atoms with Crippen LogP contribution in [0.25, 0.3) is 0 Å². The summed E-state index contributed by atoms with van der Waals surface area (Å²) in [7, 11) is 0. The lowest BCUT2D eigenvalue weighted by atomic mass is 10.2. The predicted octanol–water partition coefficient (Wildman–Crippen LogP) is 3.84. The van der Waals surface area contributed by atoms with Crippen molar-refractivity contribution in [1.82, 2.24) is 20.2 Å². The smallest absolute Gasteiger partial charge is 0.243 e. The zero-order valence-corrected chi connectivity index (χ0v) is 14.7. The van der Waals surface area contributed by atoms with Crippen LogP contribution in [0.1, 0.15) is 11.1 Å². The van der Waals surface area contributed by atoms with Crippen LogP contribution in [-0.2, 0) is 19.7 Å². The molecule has 0 atom stereocenters. The fraction of sp³-hybridized carbons (Fsp3) is 0.167. The molecule has 26 heavy (non-hydrogen) atoms. The van der Waals surface area contributed by atoms with E-state index in [-0.39, 0.29) is 6.61 Å². The molecule has 1 heterocycles. The topological polar surface area (TPSA) is 64.9 Å². The number of hydrogen-bond acceptors (Lipinski definition) is 5. The Bertz CT molecular complexity index is 879. The Labute approximate surface area is 155 Å². The van der Waals surface area contributed by atoms with Crippen molar-refractivity contribution in [1.29, 1.82) is 0 Å². The normalized spacial score (nSPS) is 10.5. The number of aromatic nitrogens is 4. The number of anilines is 1. The molecule has 0 saturated heterocycles. The van der Waals surface area contributed by atoms with Crippen molar-refractivity contribution in [2.45, 2.75) is 19.7 Å². The summed E-state index contributed by atoms with van der Waals surface area (Å²) in [6.07, 6.45) is 1.71. The molecule has 0 aliphatic heterocycles. The summed E-state index contributed by atoms with van der Waals surface area (Å²) in [4.78, 5) is 0. The molecule has 0 aliphatic carbocycles. The maximum atomic E-state index is 13.9. The van der Waals surface area contributed by atoms with Gasteiger partial charge in [0.1, 0.15) is 18.2 Å². The number of ether oxygens (including phenoxy) is 1. The molecule has 0 saturated carbocycles. The largest absolute Gasteiger partial charge is 0.488 e. The zero-order valence-electron chi connectivity index (χ0n) is 13.9. The Kier molecular flexibility index (Phi) is 5.80. The molecule has 0 amide bonds. The average molecular weight is 374 g/mol. The molecule has 0 aliphatic rings. The monoisotopic (exact) mass is 373 g/mol. The predicted molar refractivity (Wildman–Crippen MR) is 97.5 cm³/mol. The second-order valence-electron chi connectivity index (χ2n) is 5.42. The molecule has 0 radical (unpaired) electrons. The van der Waals surface area contributed by atoms with Crippen LogP contribution in [0.3, 0.4) is 0 Å². The van der Waals surface area contributed by atoms with Crippen LogP contribution in [-0.4, -0.2) is 20.2 Å². The summed E-state index contributed by atoms with van der Waals surface area (Å²) >= 11 is 6.05. The van der Waals surface area contributed by atoms with Gasteiger partial charge < -0.3 is 10.1 Å². The molecule has 6 nitrogen and oxygen atoms in total. The van der Waals surface area contributed by atoms with Crippen molar-refractivity contribution in [2.24, 2.45) is 0 Å². The lowest BCUT2D eigenvalue weighted by Crippen LogP contribution is -2.09. The van der Waals surface area contributed by atoms with Gasteiger partial charge in [0, 0.05) is 17.7 Å². The van der Waals surface area contributed by atoms with Gasteiger partial charge >= 0.3 is 0 Å². The number of nitrogens with zero attached hydrogens (tertiary/aromatic N) is 4. The van der Waals surface area contributed by atoms with Gasteiger partial charge in [0.25, 0.3) is 0 Å². The number of halogens is 2. The Morgan fingerprint density at radius 3 is 2.88 bits per heavy atom. The first-order chi connectivity index (χ1) is 12.7. The molecule has 2 aromatic carbocycles. The molecule has 0 unspecified atom stereocenters. The number of allylic oxidation sites excluding steroid dienone is 1. The quantitative estimate of drug-likeness (QED) is 0.608. The molecular weight excluding hydrogens is 357 g/mol. The third-order valence-electron chi connectivity index (χ3n) is 3.68. The highest BCUT2D eigenvalue weighted by atomic mass is 35.5. The second-order valence-corrected chi connectivity index (χ2v) is 5.83. The Balaban J connectivity index is 1.70. The van der Waals surface area contributed by atoms with Crippen molar-refractivity contribution >= 4 is 17.5 Å². The second kappa shape index (κ2) is 8.44. The molecule has 134 valence electrons. The van der Waals surface area contributed by atoms with Crippen LogP contribution in [0.5, 0.6) is 5.75 Å². The minimum Gasteiger partial charge on any atom is -0.488 e. The first-order valence-corrected chi connectivity index (χ1v) is 8.31. The molecule has 1 N–H and O–H groups in total. The number of tetrazole rings is 1. The maximum absolute atomic E-state index is 13.9. The van der Waals surface area contributed by atoms with Crippen molar-refractivity contribution in [3.63, 3.8) is 0 Å². The minimum atomic E-state index is -0.392. The maximum Gasteiger partial charge on any atom is 0.243 e. The van der Waals surface area contributed by atoms with E-state index in [1.54, 1.807) is 22.9 Å². The van der Waals surface area contributed by atoms with Gasteiger partial charge in [-0.15, -0.1) is 6.58 Å². The summed E-state index contributed by atoms with van der Waals surface area (Å²) in [6, 6.07) is 12.0. The number of rotatable bonds is 8. The molecule has 3 rings (SSSR count). The van der Waals surface area contributed by atoms with Gasteiger partial charge in [0.15, 0.2) is 0 Å². The summed E-state index contributed by atoms with van der Waals surface area (Å²) in [5, 5.41) is 14.9. The lowest BCUT2D eigenvalue weighted by molar-refractivity contribution is 0.297. The summed E-state index contributed by atoms with van der Waals surface area (Å²) in [5.41, 5.74) is 1.21. The highest BCUT2D eigenvalue weighted by molar-refractivity contribution is 6.31. The van der Waals surface area contributed by atoms with Gasteiger partial charge in [0.05, 0.1) is 11.6 Å². The van der Waals surface area contributed by atoms with E-state index in [0.29, 0.717) is 35.4 Å². The zero-order chi connectivity index (χ0) is 18.4. The third kappa shape index (κ3) is 4.18. The van der Waals surface area contributed by atoms with E-state index in [0.717, 1.165) is 5.56 Å². The number of para-hydroxylation sites is 1. The van der Waals surface area contributed by atoms with E-state index in [4.69, 9.17) is 16.3 Å². The molecule has 1 aromatic heterocycles. The van der Waals surface area contributed by atoms with Gasteiger partial charge in [-0.1, -0.05) is 47.0 Å². The first kappa shape index (κ1) is 17.9. The minimum absolute atomic E-state index is 0.0384. The summed E-state index contributed by atoms with van der Waals surface area (Å²) in [5.74, 6) is 0.760. The van der Waals surface area contributed by atoms with Crippen LogP contribution in [0.4, 0.5) is 10.3 Å². The van der Waals surface area contributed by atoms with E-state index in [2.05, 4.69) is 27.4 Å². The van der Waals surface area contributed by atoms with Gasteiger partial charge in [-0.25, -0.2) is 9.07 Å². The highest BCUT2D eigenvalue weighted by Gasteiger charge is 2.10. The molecular formula is C18H17ClFN5O. The summed E-state index contributed by atoms with van der Waals surface area (Å²) in [6.45, 7) is 4.65. The number of hydrogen-bond donors (Lipinski definition) is 1. The van der Waals surface area contributed by atoms with Crippen LogP contribution in [0, 0.1) is 5.82 Å². The van der Waals surface area contributed by atoms with E-state index >= 15 is 0 Å². The van der Waals surface area contributed by atoms with Crippen LogP contribution in [0.15, 0.2) is 55.1 Å². The molecule has 0 fully saturated rings. The van der Waals surface area contributed by atoms with Gasteiger partial charge in [-0.2, -0.15) is 0 Å². The van der Waals surface area contributed by atoms with E-state index in [1.165, 1.54) is 6.07 Å². The van der Waals surface area contributed by atoms with Crippen LogP contribution < -0.4 is 10.1 Å². The van der Waals surface area contributed by atoms with Gasteiger partial charge in [0.2, 0.25) is 5.95 Å². The van der Waals surface area contributed by atoms with Crippen molar-refractivity contribution < 1.29 is 9.13 Å². The lowest BCUT2D eigenvalue weighted by Gasteiger charge is -2.13. The first-order valence-electron chi connectivity index (χ1n) is 7.93. The Morgan fingerprint density at radius 2 is 2.08 bits per heavy atom. The molecule has 8 heteroatoms. The van der Waals surface area contributed by atoms with E-state index in [9.17, 15) is 4.39 Å². The Hall–Kier alpha value is -2.93. The van der Waals surface area contributed by atoms with Crippen LogP contribution in [0.2, 0.25) is 5.02 Å². The Morgan fingerprint density at radius 1 is 1.23 bits per heavy atom. The number of benzene rings is 2. The van der Waals surface area contributed by atoms with Gasteiger partial charge in [-0.05, 0) is 28.6 Å². The standard InChI is InChI=1S/C18H17ClFN5O/c1-2-10-25-18(22-23-24-25)21-11-13-6-3-4-9-17(13)26-12-14-15(19)7-5-8-16(14)20/h2-9H,1,10-12H2,(H,21,22,24). The molecule has 0 spiro atoms. The van der Waals surface area contributed by atoms with Gasteiger partial charge in [-0.3, -0.25) is 0 Å². The van der Waals surface area contributed by atoms with Crippen molar-refractivity contribution in [2.75, 3.05) is 5.32 Å². The van der Waals surface area contributed by atoms with E-state index in [1.807, 2.05) is 24.3 Å². The fourth-order valence-corrected chi connectivity index (χ4v) is 2.58. The van der Waals surface area contributed by atoms with E-state index < -0.39 is 5.82 Å². The molecule has 3 aromatic rings. The fourth-order valence-electron chi connectivity index (χ4n) is 2.36. The SMILES string of the molecule is C=CCn1nnnc1NCc1ccccc1OCc1c(F)cccc1Cl. The third-order valence-corrected chi connectivity index (χ3v) is 4.03. The average Bonchev–Trinajstić information content (AvgIpc) is 3.08. The van der Waals surface area contributed by atoms with Crippen molar-refractivity contribution in [3.05, 3.63) is 77.1 Å². The summed E-state index contributed by atoms with van der Waals surface area (Å²) < 4.78 is 21.3. The van der Waals surface area contributed by atoms with Crippen molar-refractivity contribution in [3.8, 4) is 5.75 Å². The van der Waals surface area contributed by atoms with Crippen LogP contribution >= 0.6 is 11.6 Å².